The Bertz CT molecular complexity index is 1110. The minimum Gasteiger partial charge on any atom is -0.322 e. The number of hydrogen-bond donors (Lipinski definition) is 1. The lowest BCUT2D eigenvalue weighted by Crippen LogP contribution is -2.41. The van der Waals surface area contributed by atoms with Crippen molar-refractivity contribution in [1.29, 1.82) is 0 Å². The molecule has 5 rings (SSSR count). The summed E-state index contributed by atoms with van der Waals surface area (Å²) in [6.45, 7) is 4.16. The van der Waals surface area contributed by atoms with Crippen LogP contribution in [-0.4, -0.2) is 39.7 Å². The molecular formula is C25H28Cl2N4O. The molecule has 2 aromatic carbocycles. The monoisotopic (exact) mass is 470 g/mol. The molecule has 1 N–H and O–H groups in total. The van der Waals surface area contributed by atoms with Crippen LogP contribution in [-0.2, 0) is 12.8 Å². The number of benzene rings is 2. The zero-order chi connectivity index (χ0) is 21.4. The third-order valence-electron chi connectivity index (χ3n) is 6.72. The van der Waals surface area contributed by atoms with Gasteiger partial charge in [-0.05, 0) is 80.1 Å². The molecule has 0 spiro atoms. The van der Waals surface area contributed by atoms with E-state index in [1.807, 2.05) is 37.3 Å². The highest BCUT2D eigenvalue weighted by Gasteiger charge is 2.26. The Morgan fingerprint density at radius 1 is 1.06 bits per heavy atom. The van der Waals surface area contributed by atoms with Gasteiger partial charge in [-0.15, -0.1) is 12.4 Å². The molecule has 2 heterocycles. The summed E-state index contributed by atoms with van der Waals surface area (Å²) >= 11 is 5.98. The van der Waals surface area contributed by atoms with Crippen LogP contribution >= 0.6 is 24.0 Å². The van der Waals surface area contributed by atoms with Gasteiger partial charge in [0.05, 0.1) is 23.1 Å². The van der Waals surface area contributed by atoms with Crippen molar-refractivity contribution >= 4 is 35.6 Å². The molecule has 168 valence electrons. The van der Waals surface area contributed by atoms with Crippen molar-refractivity contribution < 1.29 is 4.79 Å². The molecule has 0 bridgehead atoms. The second kappa shape index (κ2) is 9.65. The van der Waals surface area contributed by atoms with Gasteiger partial charge in [-0.25, -0.2) is 4.68 Å². The van der Waals surface area contributed by atoms with Gasteiger partial charge in [0.15, 0.2) is 0 Å². The van der Waals surface area contributed by atoms with Gasteiger partial charge in [0.2, 0.25) is 0 Å². The largest absolute Gasteiger partial charge is 0.322 e. The number of fused-ring (bicyclic) bond motifs is 1. The number of carbonyl (C=O) groups excluding carboxylic acids is 1. The molecule has 5 nitrogen and oxygen atoms in total. The number of aromatic nitrogens is 2. The molecule has 1 fully saturated rings. The van der Waals surface area contributed by atoms with E-state index >= 15 is 0 Å². The summed E-state index contributed by atoms with van der Waals surface area (Å²) in [6.07, 6.45) is 7.83. The molecule has 1 aliphatic carbocycles. The van der Waals surface area contributed by atoms with Crippen LogP contribution in [0.4, 0.5) is 5.69 Å². The van der Waals surface area contributed by atoms with E-state index in [2.05, 4.69) is 27.4 Å². The molecule has 1 saturated carbocycles. The Morgan fingerprint density at radius 2 is 1.78 bits per heavy atom. The predicted octanol–water partition coefficient (Wildman–Crippen LogP) is 5.46. The molecule has 0 saturated heterocycles. The number of nitrogens with zero attached hydrogens (tertiary/aromatic N) is 3. The van der Waals surface area contributed by atoms with E-state index in [1.165, 1.54) is 30.4 Å². The Kier molecular flexibility index (Phi) is 6.89. The van der Waals surface area contributed by atoms with Crippen LogP contribution in [0.3, 0.4) is 0 Å². The summed E-state index contributed by atoms with van der Waals surface area (Å²) in [4.78, 5) is 15.6. The number of hydrogen-bond acceptors (Lipinski definition) is 3. The van der Waals surface area contributed by atoms with Gasteiger partial charge in [-0.3, -0.25) is 9.69 Å². The van der Waals surface area contributed by atoms with Crippen LogP contribution in [0.5, 0.6) is 0 Å². The zero-order valence-electron chi connectivity index (χ0n) is 18.2. The number of nitrogens with one attached hydrogen (secondary N) is 1. The molecule has 2 aliphatic rings. The highest BCUT2D eigenvalue weighted by Crippen LogP contribution is 2.28. The highest BCUT2D eigenvalue weighted by molar-refractivity contribution is 6.30. The summed E-state index contributed by atoms with van der Waals surface area (Å²) < 4.78 is 1.76. The maximum atomic E-state index is 13.0. The quantitative estimate of drug-likeness (QED) is 0.550. The molecular weight excluding hydrogens is 443 g/mol. The SMILES string of the molecule is Cc1c(C(=O)Nc2ccc3c(c2)CCN(C2CCC2)CC3)cnn1-c1ccc(Cl)cc1.Cl. The molecule has 0 atom stereocenters. The summed E-state index contributed by atoms with van der Waals surface area (Å²) in [5.74, 6) is -0.137. The molecule has 0 radical (unpaired) electrons. The first-order valence-corrected chi connectivity index (χ1v) is 11.4. The fraction of sp³-hybridized carbons (Fsp3) is 0.360. The van der Waals surface area contributed by atoms with Crippen LogP contribution in [0, 0.1) is 6.92 Å². The summed E-state index contributed by atoms with van der Waals surface area (Å²) in [5.41, 5.74) is 5.85. The summed E-state index contributed by atoms with van der Waals surface area (Å²) in [6, 6.07) is 14.6. The predicted molar refractivity (Wildman–Crippen MR) is 132 cm³/mol. The van der Waals surface area contributed by atoms with Crippen LogP contribution in [0.25, 0.3) is 5.69 Å². The number of halogens is 2. The van der Waals surface area contributed by atoms with Crippen LogP contribution in [0.1, 0.15) is 46.4 Å². The van der Waals surface area contributed by atoms with Crippen LogP contribution in [0.2, 0.25) is 5.02 Å². The average Bonchev–Trinajstić information content (AvgIpc) is 2.99. The van der Waals surface area contributed by atoms with Crippen molar-refractivity contribution in [1.82, 2.24) is 14.7 Å². The van der Waals surface area contributed by atoms with E-state index in [0.29, 0.717) is 10.6 Å². The van der Waals surface area contributed by atoms with Crippen molar-refractivity contribution in [2.75, 3.05) is 18.4 Å². The Morgan fingerprint density at radius 3 is 2.47 bits per heavy atom. The second-order valence-electron chi connectivity index (χ2n) is 8.59. The van der Waals surface area contributed by atoms with Gasteiger partial charge in [-0.2, -0.15) is 5.10 Å². The molecule has 1 amide bonds. The Labute approximate surface area is 200 Å². The molecule has 1 aromatic heterocycles. The topological polar surface area (TPSA) is 50.2 Å². The molecule has 0 unspecified atom stereocenters. The van der Waals surface area contributed by atoms with Crippen LogP contribution in [0.15, 0.2) is 48.7 Å². The lowest BCUT2D eigenvalue weighted by atomic mass is 9.91. The lowest BCUT2D eigenvalue weighted by molar-refractivity contribution is 0.102. The van der Waals surface area contributed by atoms with Crippen LogP contribution < -0.4 is 5.32 Å². The van der Waals surface area contributed by atoms with Gasteiger partial charge >= 0.3 is 0 Å². The summed E-state index contributed by atoms with van der Waals surface area (Å²) in [5, 5.41) is 8.15. The Balaban J connectivity index is 0.00000245. The fourth-order valence-electron chi connectivity index (χ4n) is 4.61. The fourth-order valence-corrected chi connectivity index (χ4v) is 4.74. The highest BCUT2D eigenvalue weighted by atomic mass is 35.5. The van der Waals surface area contributed by atoms with Gasteiger partial charge in [0.1, 0.15) is 0 Å². The second-order valence-corrected chi connectivity index (χ2v) is 9.03. The maximum Gasteiger partial charge on any atom is 0.259 e. The van der Waals surface area contributed by atoms with Gasteiger partial charge < -0.3 is 5.32 Å². The zero-order valence-corrected chi connectivity index (χ0v) is 19.8. The number of rotatable bonds is 4. The minimum absolute atomic E-state index is 0. The van der Waals surface area contributed by atoms with Gasteiger partial charge in [0.25, 0.3) is 5.91 Å². The standard InChI is InChI=1S/C25H27ClN4O.ClH/c1-17-24(16-27-30(17)23-9-6-20(26)7-10-23)25(31)28-21-8-5-18-11-13-29(22-3-2-4-22)14-12-19(18)15-21;/h5-10,15-16,22H,2-4,11-14H2,1H3,(H,28,31);1H. The normalized spacial score (nSPS) is 16.4. The number of amides is 1. The van der Waals surface area contributed by atoms with Gasteiger partial charge in [-0.1, -0.05) is 24.1 Å². The molecule has 32 heavy (non-hydrogen) atoms. The van der Waals surface area contributed by atoms with E-state index in [-0.39, 0.29) is 18.3 Å². The first-order valence-electron chi connectivity index (χ1n) is 11.1. The van der Waals surface area contributed by atoms with E-state index < -0.39 is 0 Å². The molecule has 1 aliphatic heterocycles. The smallest absolute Gasteiger partial charge is 0.259 e. The minimum atomic E-state index is -0.137. The van der Waals surface area contributed by atoms with E-state index in [0.717, 1.165) is 49.0 Å². The van der Waals surface area contributed by atoms with Crippen molar-refractivity contribution in [3.8, 4) is 5.69 Å². The molecule has 7 heteroatoms. The average molecular weight is 471 g/mol. The van der Waals surface area contributed by atoms with E-state index in [1.54, 1.807) is 10.9 Å². The third-order valence-corrected chi connectivity index (χ3v) is 6.97. The van der Waals surface area contributed by atoms with Gasteiger partial charge in [0, 0.05) is 29.8 Å². The molecule has 3 aromatic rings. The van der Waals surface area contributed by atoms with E-state index in [4.69, 9.17) is 11.6 Å². The maximum absolute atomic E-state index is 13.0. The first-order chi connectivity index (χ1) is 15.1. The lowest BCUT2D eigenvalue weighted by Gasteiger charge is -2.36. The first kappa shape index (κ1) is 22.8. The van der Waals surface area contributed by atoms with Crippen molar-refractivity contribution in [3.05, 3.63) is 76.1 Å². The number of anilines is 1. The Hall–Kier alpha value is -2.34. The van der Waals surface area contributed by atoms with Crippen molar-refractivity contribution in [3.63, 3.8) is 0 Å². The van der Waals surface area contributed by atoms with Crippen molar-refractivity contribution in [2.45, 2.75) is 45.1 Å². The summed E-state index contributed by atoms with van der Waals surface area (Å²) in [7, 11) is 0. The number of carbonyl (C=O) groups is 1. The van der Waals surface area contributed by atoms with E-state index in [9.17, 15) is 4.79 Å². The third kappa shape index (κ3) is 4.56. The van der Waals surface area contributed by atoms with Crippen molar-refractivity contribution in [2.24, 2.45) is 0 Å².